The summed E-state index contributed by atoms with van der Waals surface area (Å²) in [5.74, 6) is -0.843. The number of hydrogen-bond donors (Lipinski definition) is 0. The number of fused-ring (bicyclic) bond motifs is 2. The van der Waals surface area contributed by atoms with E-state index in [2.05, 4.69) is 28.3 Å². The molecule has 0 saturated carbocycles. The monoisotopic (exact) mass is 561 g/mol. The lowest BCUT2D eigenvalue weighted by molar-refractivity contribution is -0.131. The molecular formula is C32H39FN6O2. The number of aryl methyl sites for hydroxylation is 1. The Morgan fingerprint density at radius 3 is 2.71 bits per heavy atom. The van der Waals surface area contributed by atoms with Crippen LogP contribution in [0.2, 0.25) is 0 Å². The van der Waals surface area contributed by atoms with Crippen molar-refractivity contribution in [1.82, 2.24) is 19.8 Å². The van der Waals surface area contributed by atoms with Crippen LogP contribution in [0.1, 0.15) is 40.7 Å². The number of likely N-dealkylation sites (tertiary alicyclic amines) is 1. The molecule has 8 nitrogen and oxygen atoms in total. The van der Waals surface area contributed by atoms with Gasteiger partial charge in [-0.2, -0.15) is 9.97 Å². The summed E-state index contributed by atoms with van der Waals surface area (Å²) in [5.41, 5.74) is 3.05. The van der Waals surface area contributed by atoms with E-state index >= 15 is 0 Å². The van der Waals surface area contributed by atoms with Gasteiger partial charge in [-0.1, -0.05) is 36.9 Å². The lowest BCUT2D eigenvalue weighted by atomic mass is 9.99. The van der Waals surface area contributed by atoms with Crippen molar-refractivity contribution in [3.63, 3.8) is 0 Å². The fraction of sp³-hybridized carbons (Fsp3) is 0.469. The van der Waals surface area contributed by atoms with E-state index in [1.54, 1.807) is 12.1 Å². The molecule has 6 rings (SSSR count). The Bertz CT molecular complexity index is 1580. The third-order valence-corrected chi connectivity index (χ3v) is 8.74. The van der Waals surface area contributed by atoms with E-state index in [1.165, 1.54) is 4.90 Å². The SMILES string of the molecule is [2H]C([2H])([2H])c1cccc2cccc(N3CCc4c(nc(OC[C@@H]5CCCN5C)nc4N4CCN(C(=O)C(=C)F)[C@@H](C)C4)C3)c12. The van der Waals surface area contributed by atoms with Crippen LogP contribution in [-0.2, 0) is 17.8 Å². The number of aromatic nitrogens is 2. The minimum atomic E-state index is -2.25. The van der Waals surface area contributed by atoms with Crippen LogP contribution in [0.3, 0.4) is 0 Å². The predicted molar refractivity (Wildman–Crippen MR) is 160 cm³/mol. The average molecular weight is 562 g/mol. The van der Waals surface area contributed by atoms with Crippen molar-refractivity contribution >= 4 is 28.2 Å². The first-order chi connectivity index (χ1) is 21.0. The second-order valence-electron chi connectivity index (χ2n) is 11.4. The minimum Gasteiger partial charge on any atom is -0.462 e. The van der Waals surface area contributed by atoms with Gasteiger partial charge in [0.05, 0.1) is 12.2 Å². The van der Waals surface area contributed by atoms with Gasteiger partial charge in [0.2, 0.25) is 0 Å². The van der Waals surface area contributed by atoms with Crippen LogP contribution in [0.4, 0.5) is 15.9 Å². The molecule has 2 saturated heterocycles. The van der Waals surface area contributed by atoms with Crippen LogP contribution in [0, 0.1) is 6.85 Å². The zero-order valence-corrected chi connectivity index (χ0v) is 23.8. The number of anilines is 2. The number of hydrogen-bond acceptors (Lipinski definition) is 7. The average Bonchev–Trinajstić information content (AvgIpc) is 3.42. The van der Waals surface area contributed by atoms with E-state index in [-0.39, 0.29) is 6.04 Å². The van der Waals surface area contributed by atoms with Crippen molar-refractivity contribution in [2.45, 2.75) is 51.7 Å². The molecule has 0 spiro atoms. The number of likely N-dealkylation sites (N-methyl/N-ethyl adjacent to an activating group) is 1. The summed E-state index contributed by atoms with van der Waals surface area (Å²) in [4.78, 5) is 30.3. The smallest absolute Gasteiger partial charge is 0.318 e. The first-order valence-corrected chi connectivity index (χ1v) is 14.4. The van der Waals surface area contributed by atoms with Gasteiger partial charge in [0.1, 0.15) is 12.4 Å². The normalized spacial score (nSPS) is 22.7. The van der Waals surface area contributed by atoms with Gasteiger partial charge < -0.3 is 24.3 Å². The molecule has 2 fully saturated rings. The van der Waals surface area contributed by atoms with E-state index in [0.717, 1.165) is 52.9 Å². The van der Waals surface area contributed by atoms with Gasteiger partial charge in [0.15, 0.2) is 5.83 Å². The predicted octanol–water partition coefficient (Wildman–Crippen LogP) is 4.49. The molecule has 3 aliphatic heterocycles. The molecule has 4 heterocycles. The highest BCUT2D eigenvalue weighted by Crippen LogP contribution is 2.36. The molecule has 2 atom stereocenters. The fourth-order valence-corrected chi connectivity index (χ4v) is 6.47. The van der Waals surface area contributed by atoms with Gasteiger partial charge in [0, 0.05) is 59.0 Å². The van der Waals surface area contributed by atoms with E-state index < -0.39 is 18.6 Å². The first kappa shape index (κ1) is 23.9. The van der Waals surface area contributed by atoms with Crippen molar-refractivity contribution < 1.29 is 18.0 Å². The molecule has 1 aromatic heterocycles. The molecule has 2 aromatic carbocycles. The van der Waals surface area contributed by atoms with Crippen LogP contribution in [0.15, 0.2) is 48.8 Å². The Kier molecular flexibility index (Phi) is 6.58. The number of nitrogens with zero attached hydrogens (tertiary/aromatic N) is 6. The fourth-order valence-electron chi connectivity index (χ4n) is 6.47. The summed E-state index contributed by atoms with van der Waals surface area (Å²) in [6, 6.07) is 11.7. The van der Waals surface area contributed by atoms with Crippen LogP contribution in [0.25, 0.3) is 10.8 Å². The molecule has 0 radical (unpaired) electrons. The number of carbonyl (C=O) groups is 1. The topological polar surface area (TPSA) is 65.0 Å². The van der Waals surface area contributed by atoms with Crippen molar-refractivity contribution in [1.29, 1.82) is 0 Å². The van der Waals surface area contributed by atoms with Gasteiger partial charge in [0.25, 0.3) is 5.91 Å². The maximum Gasteiger partial charge on any atom is 0.318 e. The number of amides is 1. The highest BCUT2D eigenvalue weighted by Gasteiger charge is 2.33. The largest absolute Gasteiger partial charge is 0.462 e. The Balaban J connectivity index is 1.35. The summed E-state index contributed by atoms with van der Waals surface area (Å²) in [6.07, 6.45) is 2.84. The first-order valence-electron chi connectivity index (χ1n) is 15.9. The third kappa shape index (κ3) is 5.35. The summed E-state index contributed by atoms with van der Waals surface area (Å²) in [5, 5.41) is 1.62. The maximum atomic E-state index is 13.7. The van der Waals surface area contributed by atoms with Gasteiger partial charge in [-0.3, -0.25) is 4.79 Å². The molecule has 216 valence electrons. The second-order valence-corrected chi connectivity index (χ2v) is 11.4. The third-order valence-electron chi connectivity index (χ3n) is 8.74. The van der Waals surface area contributed by atoms with Crippen molar-refractivity contribution in [2.24, 2.45) is 0 Å². The van der Waals surface area contributed by atoms with Gasteiger partial charge in [-0.15, -0.1) is 0 Å². The summed E-state index contributed by atoms with van der Waals surface area (Å²) in [6.45, 7) is 6.82. The molecule has 9 heteroatoms. The molecular weight excluding hydrogens is 519 g/mol. The summed E-state index contributed by atoms with van der Waals surface area (Å²) < 4.78 is 44.5. The Labute approximate surface area is 245 Å². The highest BCUT2D eigenvalue weighted by atomic mass is 19.1. The van der Waals surface area contributed by atoms with E-state index in [4.69, 9.17) is 18.8 Å². The summed E-state index contributed by atoms with van der Waals surface area (Å²) >= 11 is 0. The molecule has 0 bridgehead atoms. The quantitative estimate of drug-likeness (QED) is 0.411. The molecule has 0 aliphatic carbocycles. The van der Waals surface area contributed by atoms with Gasteiger partial charge in [-0.05, 0) is 63.6 Å². The Morgan fingerprint density at radius 1 is 1.15 bits per heavy atom. The number of carbonyl (C=O) groups excluding carboxylic acids is 1. The Hall–Kier alpha value is -3.72. The van der Waals surface area contributed by atoms with Crippen LogP contribution in [-0.4, -0.2) is 84.1 Å². The zero-order valence-electron chi connectivity index (χ0n) is 26.8. The molecule has 3 aliphatic rings. The number of rotatable bonds is 6. The van der Waals surface area contributed by atoms with E-state index in [0.29, 0.717) is 63.4 Å². The number of halogens is 1. The summed E-state index contributed by atoms with van der Waals surface area (Å²) in [7, 11) is 2.10. The number of benzene rings is 2. The van der Waals surface area contributed by atoms with Crippen molar-refractivity contribution in [3.05, 3.63) is 65.6 Å². The maximum absolute atomic E-state index is 13.7. The number of piperazine rings is 1. The van der Waals surface area contributed by atoms with Crippen LogP contribution in [0.5, 0.6) is 6.01 Å². The molecule has 0 N–H and O–H groups in total. The van der Waals surface area contributed by atoms with Gasteiger partial charge in [-0.25, -0.2) is 4.39 Å². The van der Waals surface area contributed by atoms with Gasteiger partial charge >= 0.3 is 6.01 Å². The minimum absolute atomic E-state index is 0.236. The standard InChI is InChI=1S/C32H39FN6O2/c1-21-8-5-9-24-10-6-12-28(29(21)24)37-15-13-26-27(19-37)34-32(41-20-25-11-7-14-36(25)4)35-30(26)38-16-17-39(22(2)18-38)31(40)23(3)33/h5-6,8-10,12,22,25H,3,7,11,13-20H2,1-2,4H3/t22-,25-/m0/s1/i1D3. The molecule has 1 amide bonds. The highest BCUT2D eigenvalue weighted by molar-refractivity contribution is 5.97. The molecule has 41 heavy (non-hydrogen) atoms. The van der Waals surface area contributed by atoms with Crippen molar-refractivity contribution in [3.8, 4) is 6.01 Å². The second kappa shape index (κ2) is 11.3. The van der Waals surface area contributed by atoms with Crippen LogP contribution >= 0.6 is 0 Å². The lowest BCUT2D eigenvalue weighted by Crippen LogP contribution is -2.54. The number of ether oxygens (including phenoxy) is 1. The molecule has 0 unspecified atom stereocenters. The Morgan fingerprint density at radius 2 is 1.98 bits per heavy atom. The lowest BCUT2D eigenvalue weighted by Gasteiger charge is -2.41. The van der Waals surface area contributed by atoms with Crippen LogP contribution < -0.4 is 14.5 Å². The van der Waals surface area contributed by atoms with Crippen molar-refractivity contribution in [2.75, 3.05) is 56.2 Å². The van der Waals surface area contributed by atoms with E-state index in [1.807, 2.05) is 31.2 Å². The zero-order chi connectivity index (χ0) is 31.2. The molecule has 3 aromatic rings. The van der Waals surface area contributed by atoms with E-state index in [9.17, 15) is 9.18 Å².